The van der Waals surface area contributed by atoms with Crippen molar-refractivity contribution in [1.29, 1.82) is 0 Å². The van der Waals surface area contributed by atoms with Crippen LogP contribution in [0.15, 0.2) is 48.4 Å². The lowest BCUT2D eigenvalue weighted by Crippen LogP contribution is -2.31. The Bertz CT molecular complexity index is 652. The molecule has 5 heteroatoms. The van der Waals surface area contributed by atoms with Gasteiger partial charge in [-0.15, -0.1) is 0 Å². The van der Waals surface area contributed by atoms with Crippen molar-refractivity contribution < 1.29 is 19.0 Å². The summed E-state index contributed by atoms with van der Waals surface area (Å²) in [6.45, 7) is 6.31. The van der Waals surface area contributed by atoms with Crippen molar-refractivity contribution in [2.45, 2.75) is 32.6 Å². The van der Waals surface area contributed by atoms with E-state index in [9.17, 15) is 4.79 Å². The maximum Gasteiger partial charge on any atom is 0.189 e. The van der Waals surface area contributed by atoms with Crippen LogP contribution in [-0.2, 0) is 14.3 Å². The second kappa shape index (κ2) is 8.39. The van der Waals surface area contributed by atoms with Crippen molar-refractivity contribution in [3.63, 3.8) is 0 Å². The van der Waals surface area contributed by atoms with Crippen molar-refractivity contribution in [1.82, 2.24) is 5.32 Å². The first kappa shape index (κ1) is 17.9. The number of hydrogen-bond acceptors (Lipinski definition) is 5. The molecule has 0 saturated heterocycles. The molecule has 5 nitrogen and oxygen atoms in total. The summed E-state index contributed by atoms with van der Waals surface area (Å²) in [6, 6.07) is 7.84. The summed E-state index contributed by atoms with van der Waals surface area (Å²) in [7, 11) is 0. The van der Waals surface area contributed by atoms with E-state index in [0.717, 1.165) is 11.3 Å². The number of ether oxygens (including phenoxy) is 3. The average molecular weight is 329 g/mol. The first-order valence-electron chi connectivity index (χ1n) is 7.83. The van der Waals surface area contributed by atoms with E-state index < -0.39 is 0 Å². The quantitative estimate of drug-likeness (QED) is 0.473. The highest BCUT2D eigenvalue weighted by Gasteiger charge is 2.16. The fourth-order valence-electron chi connectivity index (χ4n) is 2.10. The molecule has 1 aliphatic rings. The fraction of sp³-hybridized carbons (Fsp3) is 0.368. The summed E-state index contributed by atoms with van der Waals surface area (Å²) < 4.78 is 17.1. The number of rotatable bonds is 7. The third kappa shape index (κ3) is 5.95. The standard InChI is InChI=1S/C19H23NO4/c1-19(2,3)24-16(14-22-12-6-11-21)13-20-18-10-9-15-7-4-5-8-17(15)23-18/h4-10,13,18,20H,12,14H2,1-3H3. The van der Waals surface area contributed by atoms with Crippen molar-refractivity contribution in [2.75, 3.05) is 13.2 Å². The Hall–Kier alpha value is -2.49. The maximum absolute atomic E-state index is 10.2. The monoisotopic (exact) mass is 329 g/mol. The van der Waals surface area contributed by atoms with Crippen LogP contribution in [0.4, 0.5) is 0 Å². The highest BCUT2D eigenvalue weighted by atomic mass is 16.5. The summed E-state index contributed by atoms with van der Waals surface area (Å²) in [4.78, 5) is 10.2. The number of para-hydroxylation sites is 1. The van der Waals surface area contributed by atoms with Gasteiger partial charge in [0.1, 0.15) is 29.7 Å². The van der Waals surface area contributed by atoms with Crippen LogP contribution in [0.5, 0.6) is 5.75 Å². The van der Waals surface area contributed by atoms with Crippen molar-refractivity contribution in [3.8, 4) is 5.75 Å². The molecule has 2 rings (SSSR count). The summed E-state index contributed by atoms with van der Waals surface area (Å²) in [5, 5.41) is 3.16. The molecule has 0 aliphatic carbocycles. The molecule has 1 aromatic rings. The maximum atomic E-state index is 10.2. The molecule has 1 unspecified atom stereocenters. The Morgan fingerprint density at radius 1 is 1.38 bits per heavy atom. The van der Waals surface area contributed by atoms with Gasteiger partial charge in [0.15, 0.2) is 6.23 Å². The van der Waals surface area contributed by atoms with Gasteiger partial charge in [-0.2, -0.15) is 0 Å². The van der Waals surface area contributed by atoms with E-state index in [0.29, 0.717) is 5.76 Å². The summed E-state index contributed by atoms with van der Waals surface area (Å²) in [5.74, 6) is 3.13. The van der Waals surface area contributed by atoms with E-state index in [1.54, 1.807) is 12.1 Å². The van der Waals surface area contributed by atoms with Gasteiger partial charge in [0.05, 0.1) is 6.61 Å². The largest absolute Gasteiger partial charge is 0.489 e. The minimum absolute atomic E-state index is 0.196. The Balaban J connectivity index is 1.97. The van der Waals surface area contributed by atoms with Gasteiger partial charge in [0.25, 0.3) is 0 Å². The van der Waals surface area contributed by atoms with Crippen LogP contribution in [0.1, 0.15) is 26.3 Å². The molecule has 1 atom stereocenters. The van der Waals surface area contributed by atoms with Crippen LogP contribution in [-0.4, -0.2) is 31.0 Å². The van der Waals surface area contributed by atoms with Gasteiger partial charge < -0.3 is 19.5 Å². The summed E-state index contributed by atoms with van der Waals surface area (Å²) in [5.41, 5.74) is 0.697. The zero-order valence-electron chi connectivity index (χ0n) is 14.2. The highest BCUT2D eigenvalue weighted by molar-refractivity contribution is 5.59. The SMILES string of the molecule is CC(C)(C)OC(=CNC1C=Cc2ccccc2O1)COCC=C=O. The van der Waals surface area contributed by atoms with Gasteiger partial charge in [-0.1, -0.05) is 18.2 Å². The Kier molecular flexibility index (Phi) is 6.24. The van der Waals surface area contributed by atoms with E-state index in [1.165, 1.54) is 6.08 Å². The normalized spacial score (nSPS) is 16.6. The van der Waals surface area contributed by atoms with Crippen LogP contribution in [0.3, 0.4) is 0 Å². The third-order valence-electron chi connectivity index (χ3n) is 3.00. The number of nitrogens with one attached hydrogen (secondary N) is 1. The molecule has 128 valence electrons. The summed E-state index contributed by atoms with van der Waals surface area (Å²) in [6.07, 6.45) is 6.68. The lowest BCUT2D eigenvalue weighted by molar-refractivity contribution is 0.0196. The minimum Gasteiger partial charge on any atom is -0.489 e. The Morgan fingerprint density at radius 3 is 2.92 bits per heavy atom. The van der Waals surface area contributed by atoms with Crippen molar-refractivity contribution in [2.24, 2.45) is 0 Å². The highest BCUT2D eigenvalue weighted by Crippen LogP contribution is 2.24. The Morgan fingerprint density at radius 2 is 2.17 bits per heavy atom. The third-order valence-corrected chi connectivity index (χ3v) is 3.00. The van der Waals surface area contributed by atoms with Crippen LogP contribution in [0.25, 0.3) is 6.08 Å². The molecule has 1 aromatic carbocycles. The van der Waals surface area contributed by atoms with Crippen LogP contribution in [0, 0.1) is 0 Å². The molecule has 0 amide bonds. The van der Waals surface area contributed by atoms with Crippen LogP contribution < -0.4 is 10.1 Å². The van der Waals surface area contributed by atoms with Crippen LogP contribution in [0.2, 0.25) is 0 Å². The zero-order valence-corrected chi connectivity index (χ0v) is 14.2. The summed E-state index contributed by atoms with van der Waals surface area (Å²) >= 11 is 0. The van der Waals surface area contributed by atoms with E-state index >= 15 is 0 Å². The first-order valence-corrected chi connectivity index (χ1v) is 7.83. The lowest BCUT2D eigenvalue weighted by atomic mass is 10.1. The lowest BCUT2D eigenvalue weighted by Gasteiger charge is -2.25. The molecule has 0 saturated carbocycles. The molecule has 0 radical (unpaired) electrons. The van der Waals surface area contributed by atoms with Gasteiger partial charge in [0, 0.05) is 17.8 Å². The smallest absolute Gasteiger partial charge is 0.189 e. The van der Waals surface area contributed by atoms with Crippen LogP contribution >= 0.6 is 0 Å². The van der Waals surface area contributed by atoms with Crippen molar-refractivity contribution >= 4 is 12.0 Å². The topological polar surface area (TPSA) is 56.8 Å². The minimum atomic E-state index is -0.354. The molecular formula is C19H23NO4. The molecule has 0 bridgehead atoms. The zero-order chi connectivity index (χ0) is 17.4. The van der Waals surface area contributed by atoms with E-state index in [-0.39, 0.29) is 25.0 Å². The van der Waals surface area contributed by atoms with Gasteiger partial charge >= 0.3 is 0 Å². The molecule has 0 spiro atoms. The molecular weight excluding hydrogens is 306 g/mol. The number of fused-ring (bicyclic) bond motifs is 1. The molecule has 0 fully saturated rings. The van der Waals surface area contributed by atoms with E-state index in [4.69, 9.17) is 14.2 Å². The van der Waals surface area contributed by atoms with E-state index in [2.05, 4.69) is 5.32 Å². The van der Waals surface area contributed by atoms with Crippen molar-refractivity contribution in [3.05, 3.63) is 53.9 Å². The first-order chi connectivity index (χ1) is 11.5. The van der Waals surface area contributed by atoms with Gasteiger partial charge in [-0.25, -0.2) is 4.79 Å². The second-order valence-electron chi connectivity index (χ2n) is 6.26. The van der Waals surface area contributed by atoms with E-state index in [1.807, 2.05) is 57.2 Å². The molecule has 24 heavy (non-hydrogen) atoms. The number of hydrogen-bond donors (Lipinski definition) is 1. The second-order valence-corrected chi connectivity index (χ2v) is 6.26. The predicted octanol–water partition coefficient (Wildman–Crippen LogP) is 3.07. The number of carbonyl (C=O) groups excluding carboxylic acids is 1. The molecule has 1 N–H and O–H groups in total. The fourth-order valence-corrected chi connectivity index (χ4v) is 2.10. The molecule has 0 aromatic heterocycles. The van der Waals surface area contributed by atoms with Gasteiger partial charge in [0.2, 0.25) is 0 Å². The van der Waals surface area contributed by atoms with Gasteiger partial charge in [-0.05, 0) is 39.0 Å². The Labute approximate surface area is 142 Å². The predicted molar refractivity (Wildman–Crippen MR) is 93.0 cm³/mol. The average Bonchev–Trinajstić information content (AvgIpc) is 2.55. The van der Waals surface area contributed by atoms with Gasteiger partial charge in [-0.3, -0.25) is 0 Å². The molecule has 1 heterocycles. The number of benzene rings is 1. The molecule has 1 aliphatic heterocycles.